The smallest absolute Gasteiger partial charge is 0.317 e. The number of benzene rings is 1. The van der Waals surface area contributed by atoms with E-state index in [4.69, 9.17) is 4.74 Å². The molecule has 1 atom stereocenters. The minimum atomic E-state index is -0.0874. The maximum absolute atomic E-state index is 12.9. The highest BCUT2D eigenvalue weighted by molar-refractivity contribution is 5.93. The molecule has 1 heterocycles. The van der Waals surface area contributed by atoms with Crippen LogP contribution in [-0.4, -0.2) is 56.2 Å². The zero-order valence-electron chi connectivity index (χ0n) is 19.4. The summed E-state index contributed by atoms with van der Waals surface area (Å²) in [5, 5.41) is 6.11. The number of anilines is 2. The number of urea groups is 1. The number of nitrogens with zero attached hydrogens (tertiary/aromatic N) is 2. The van der Waals surface area contributed by atoms with E-state index >= 15 is 0 Å². The SMILES string of the molecule is CC(C)NC(=O)N(Cc1cc(NC(=O)C2CCCC2)ccc1N(C)C)C[C@H]1CCCO1. The highest BCUT2D eigenvalue weighted by atomic mass is 16.5. The molecule has 3 amide bonds. The van der Waals surface area contributed by atoms with E-state index in [0.29, 0.717) is 13.1 Å². The van der Waals surface area contributed by atoms with Crippen molar-refractivity contribution >= 4 is 23.3 Å². The molecule has 2 N–H and O–H groups in total. The van der Waals surface area contributed by atoms with E-state index < -0.39 is 0 Å². The van der Waals surface area contributed by atoms with Crippen LogP contribution in [0.15, 0.2) is 18.2 Å². The molecule has 1 aliphatic carbocycles. The second kappa shape index (κ2) is 10.8. The van der Waals surface area contributed by atoms with Gasteiger partial charge in [-0.3, -0.25) is 4.79 Å². The van der Waals surface area contributed by atoms with Gasteiger partial charge in [0, 0.05) is 57.1 Å². The highest BCUT2D eigenvalue weighted by Gasteiger charge is 2.25. The molecule has 172 valence electrons. The van der Waals surface area contributed by atoms with Gasteiger partial charge in [0.05, 0.1) is 6.10 Å². The monoisotopic (exact) mass is 430 g/mol. The van der Waals surface area contributed by atoms with Gasteiger partial charge in [-0.05, 0) is 63.3 Å². The van der Waals surface area contributed by atoms with Gasteiger partial charge in [0.2, 0.25) is 5.91 Å². The van der Waals surface area contributed by atoms with Crippen molar-refractivity contribution in [3.63, 3.8) is 0 Å². The number of nitrogens with one attached hydrogen (secondary N) is 2. The number of carbonyl (C=O) groups is 2. The Bertz CT molecular complexity index is 753. The summed E-state index contributed by atoms with van der Waals surface area (Å²) in [5.74, 6) is 0.222. The van der Waals surface area contributed by atoms with Gasteiger partial charge >= 0.3 is 6.03 Å². The Morgan fingerprint density at radius 1 is 1.13 bits per heavy atom. The van der Waals surface area contributed by atoms with E-state index in [1.54, 1.807) is 0 Å². The van der Waals surface area contributed by atoms with Crippen molar-refractivity contribution in [3.05, 3.63) is 23.8 Å². The molecule has 31 heavy (non-hydrogen) atoms. The van der Waals surface area contributed by atoms with Crippen LogP contribution in [0.4, 0.5) is 16.2 Å². The van der Waals surface area contributed by atoms with Crippen LogP contribution in [0.25, 0.3) is 0 Å². The lowest BCUT2D eigenvalue weighted by atomic mass is 10.1. The molecule has 3 rings (SSSR count). The summed E-state index contributed by atoms with van der Waals surface area (Å²) in [5.41, 5.74) is 2.83. The van der Waals surface area contributed by atoms with Gasteiger partial charge in [-0.25, -0.2) is 4.79 Å². The Kier molecular flexibility index (Phi) is 8.18. The zero-order chi connectivity index (χ0) is 22.4. The van der Waals surface area contributed by atoms with Crippen molar-refractivity contribution in [2.24, 2.45) is 5.92 Å². The van der Waals surface area contributed by atoms with Crippen molar-refractivity contribution in [1.82, 2.24) is 10.2 Å². The largest absolute Gasteiger partial charge is 0.377 e. The van der Waals surface area contributed by atoms with Gasteiger partial charge in [0.25, 0.3) is 0 Å². The third kappa shape index (κ3) is 6.60. The van der Waals surface area contributed by atoms with Crippen molar-refractivity contribution in [2.45, 2.75) is 71.1 Å². The molecular formula is C24H38N4O3. The normalized spacial score (nSPS) is 18.9. The van der Waals surface area contributed by atoms with Crippen LogP contribution in [0.1, 0.15) is 57.9 Å². The van der Waals surface area contributed by atoms with Gasteiger partial charge in [-0.15, -0.1) is 0 Å². The molecule has 0 bridgehead atoms. The predicted octanol–water partition coefficient (Wildman–Crippen LogP) is 3.98. The summed E-state index contributed by atoms with van der Waals surface area (Å²) in [6.07, 6.45) is 6.29. The van der Waals surface area contributed by atoms with E-state index in [-0.39, 0.29) is 30.0 Å². The fraction of sp³-hybridized carbons (Fsp3) is 0.667. The van der Waals surface area contributed by atoms with E-state index in [9.17, 15) is 9.59 Å². The third-order valence-electron chi connectivity index (χ3n) is 6.06. The van der Waals surface area contributed by atoms with Crippen molar-refractivity contribution in [3.8, 4) is 0 Å². The Hall–Kier alpha value is -2.28. The molecule has 0 spiro atoms. The fourth-order valence-corrected chi connectivity index (χ4v) is 4.46. The Morgan fingerprint density at radius 3 is 2.48 bits per heavy atom. The van der Waals surface area contributed by atoms with Gasteiger partial charge < -0.3 is 25.2 Å². The summed E-state index contributed by atoms with van der Waals surface area (Å²) in [6, 6.07) is 5.95. The van der Waals surface area contributed by atoms with Gasteiger partial charge in [0.1, 0.15) is 0 Å². The number of rotatable bonds is 8. The molecule has 0 unspecified atom stereocenters. The van der Waals surface area contributed by atoms with Gasteiger partial charge in [0.15, 0.2) is 0 Å². The molecule has 1 saturated carbocycles. The zero-order valence-corrected chi connectivity index (χ0v) is 19.4. The first-order chi connectivity index (χ1) is 14.8. The first-order valence-electron chi connectivity index (χ1n) is 11.6. The molecule has 0 aromatic heterocycles. The summed E-state index contributed by atoms with van der Waals surface area (Å²) in [4.78, 5) is 29.4. The quantitative estimate of drug-likeness (QED) is 0.654. The van der Waals surface area contributed by atoms with Crippen LogP contribution in [0, 0.1) is 5.92 Å². The van der Waals surface area contributed by atoms with Crippen LogP contribution in [0.3, 0.4) is 0 Å². The van der Waals surface area contributed by atoms with Crippen LogP contribution >= 0.6 is 0 Å². The molecule has 7 heteroatoms. The van der Waals surface area contributed by atoms with Crippen LogP contribution in [0.2, 0.25) is 0 Å². The molecule has 7 nitrogen and oxygen atoms in total. The lowest BCUT2D eigenvalue weighted by Crippen LogP contribution is -2.45. The van der Waals surface area contributed by atoms with Crippen LogP contribution in [-0.2, 0) is 16.1 Å². The van der Waals surface area contributed by atoms with E-state index in [2.05, 4.69) is 10.6 Å². The standard InChI is InChI=1S/C24H38N4O3/c1-17(2)25-24(30)28(16-21-10-7-13-31-21)15-19-14-20(11-12-22(19)27(3)4)26-23(29)18-8-5-6-9-18/h11-12,14,17-18,21H,5-10,13,15-16H2,1-4H3,(H,25,30)(H,26,29)/t21-/m1/s1. The maximum atomic E-state index is 12.9. The molecule has 2 aliphatic rings. The molecule has 1 saturated heterocycles. The van der Waals surface area contributed by atoms with Gasteiger partial charge in [-0.1, -0.05) is 12.8 Å². The molecule has 1 aromatic rings. The Labute approximate surface area is 186 Å². The summed E-state index contributed by atoms with van der Waals surface area (Å²) < 4.78 is 5.80. The maximum Gasteiger partial charge on any atom is 0.317 e. The minimum Gasteiger partial charge on any atom is -0.377 e. The molecule has 1 aromatic carbocycles. The highest BCUT2D eigenvalue weighted by Crippen LogP contribution is 2.28. The number of hydrogen-bond acceptors (Lipinski definition) is 4. The van der Waals surface area contributed by atoms with Crippen molar-refractivity contribution < 1.29 is 14.3 Å². The van der Waals surface area contributed by atoms with Crippen molar-refractivity contribution in [2.75, 3.05) is 37.5 Å². The number of amides is 3. The molecule has 2 fully saturated rings. The van der Waals surface area contributed by atoms with E-state index in [1.807, 2.05) is 55.9 Å². The number of hydrogen-bond donors (Lipinski definition) is 2. The average Bonchev–Trinajstić information content (AvgIpc) is 3.41. The Morgan fingerprint density at radius 2 is 1.87 bits per heavy atom. The Balaban J connectivity index is 1.79. The second-order valence-electron chi connectivity index (χ2n) is 9.33. The predicted molar refractivity (Wildman–Crippen MR) is 124 cm³/mol. The van der Waals surface area contributed by atoms with E-state index in [0.717, 1.165) is 62.1 Å². The molecular weight excluding hydrogens is 392 g/mol. The lowest BCUT2D eigenvalue weighted by molar-refractivity contribution is -0.119. The second-order valence-corrected chi connectivity index (χ2v) is 9.33. The third-order valence-corrected chi connectivity index (χ3v) is 6.06. The van der Waals surface area contributed by atoms with E-state index in [1.165, 1.54) is 0 Å². The summed E-state index contributed by atoms with van der Waals surface area (Å²) >= 11 is 0. The first kappa shape index (κ1) is 23.4. The summed E-state index contributed by atoms with van der Waals surface area (Å²) in [7, 11) is 3.99. The molecule has 1 aliphatic heterocycles. The fourth-order valence-electron chi connectivity index (χ4n) is 4.46. The lowest BCUT2D eigenvalue weighted by Gasteiger charge is -2.29. The van der Waals surface area contributed by atoms with Crippen molar-refractivity contribution in [1.29, 1.82) is 0 Å². The topological polar surface area (TPSA) is 73.9 Å². The minimum absolute atomic E-state index is 0.0600. The number of carbonyl (C=O) groups excluding carboxylic acids is 2. The summed E-state index contributed by atoms with van der Waals surface area (Å²) in [6.45, 7) is 5.71. The first-order valence-corrected chi connectivity index (χ1v) is 11.6. The van der Waals surface area contributed by atoms with Gasteiger partial charge in [-0.2, -0.15) is 0 Å². The van der Waals surface area contributed by atoms with Crippen LogP contribution < -0.4 is 15.5 Å². The average molecular weight is 431 g/mol. The molecule has 0 radical (unpaired) electrons. The van der Waals surface area contributed by atoms with Crippen LogP contribution in [0.5, 0.6) is 0 Å². The number of ether oxygens (including phenoxy) is 1.